The first-order chi connectivity index (χ1) is 14.1. The maximum atomic E-state index is 9.98. The summed E-state index contributed by atoms with van der Waals surface area (Å²) in [5.74, 6) is 1.32. The number of benzene rings is 1. The average Bonchev–Trinajstić information content (AvgIpc) is 3.32. The predicted octanol–water partition coefficient (Wildman–Crippen LogP) is 1.90. The second kappa shape index (κ2) is 7.34. The summed E-state index contributed by atoms with van der Waals surface area (Å²) in [4.78, 5) is 12.0. The fourth-order valence-electron chi connectivity index (χ4n) is 3.44. The van der Waals surface area contributed by atoms with Crippen LogP contribution < -0.4 is 14.2 Å². The smallest absolute Gasteiger partial charge is 0.296 e. The standard InChI is InChI=1S/C19H18ClN3O6/c20-11-5-12-18(22-17(11)9-1-2-14-15(3-9)28-8-27-14)23-19(21-12)29-10-4-13(25)16(6-24)26-7-10/h1-3,5,10,13,16,24-25H,4,6-8H2,(H,21,22,23)/t10-,13+,16?/m1/s1. The Labute approximate surface area is 170 Å². The summed E-state index contributed by atoms with van der Waals surface area (Å²) in [6, 6.07) is 7.49. The molecule has 1 fully saturated rings. The van der Waals surface area contributed by atoms with Crippen LogP contribution in [0.5, 0.6) is 17.5 Å². The number of aliphatic hydroxyl groups excluding tert-OH is 2. The third-order valence-corrected chi connectivity index (χ3v) is 5.23. The van der Waals surface area contributed by atoms with Gasteiger partial charge in [0.2, 0.25) is 6.79 Å². The van der Waals surface area contributed by atoms with Crippen LogP contribution in [0.3, 0.4) is 0 Å². The summed E-state index contributed by atoms with van der Waals surface area (Å²) < 4.78 is 22.0. The van der Waals surface area contributed by atoms with Gasteiger partial charge >= 0.3 is 0 Å². The molecule has 3 atom stereocenters. The van der Waals surface area contributed by atoms with E-state index in [4.69, 9.17) is 35.7 Å². The van der Waals surface area contributed by atoms with Crippen LogP contribution in [0.4, 0.5) is 0 Å². The minimum atomic E-state index is -0.798. The molecule has 4 heterocycles. The number of H-pyrrole nitrogens is 1. The summed E-state index contributed by atoms with van der Waals surface area (Å²) in [5, 5.41) is 19.6. The molecule has 5 rings (SSSR count). The summed E-state index contributed by atoms with van der Waals surface area (Å²) in [6.07, 6.45) is -1.44. The van der Waals surface area contributed by atoms with Crippen molar-refractivity contribution < 1.29 is 29.2 Å². The molecule has 29 heavy (non-hydrogen) atoms. The molecule has 2 aliphatic heterocycles. The molecule has 1 saturated heterocycles. The van der Waals surface area contributed by atoms with E-state index in [-0.39, 0.29) is 26.0 Å². The highest BCUT2D eigenvalue weighted by molar-refractivity contribution is 6.33. The Morgan fingerprint density at radius 3 is 2.90 bits per heavy atom. The number of rotatable bonds is 4. The number of nitrogens with one attached hydrogen (secondary N) is 1. The summed E-state index contributed by atoms with van der Waals surface area (Å²) in [6.45, 7) is 0.206. The second-order valence-corrected chi connectivity index (χ2v) is 7.30. The quantitative estimate of drug-likeness (QED) is 0.586. The van der Waals surface area contributed by atoms with Crippen LogP contribution in [0.1, 0.15) is 6.42 Å². The van der Waals surface area contributed by atoms with Gasteiger partial charge in [0, 0.05) is 12.0 Å². The lowest BCUT2D eigenvalue weighted by Gasteiger charge is -2.31. The van der Waals surface area contributed by atoms with Gasteiger partial charge in [-0.05, 0) is 24.3 Å². The van der Waals surface area contributed by atoms with E-state index in [9.17, 15) is 5.11 Å². The Morgan fingerprint density at radius 1 is 1.21 bits per heavy atom. The maximum absolute atomic E-state index is 9.98. The number of pyridine rings is 1. The second-order valence-electron chi connectivity index (χ2n) is 6.90. The first kappa shape index (κ1) is 18.4. The highest BCUT2D eigenvalue weighted by Gasteiger charge is 2.31. The molecule has 9 nitrogen and oxygen atoms in total. The van der Waals surface area contributed by atoms with Crippen LogP contribution in [-0.4, -0.2) is 63.5 Å². The molecule has 1 unspecified atom stereocenters. The van der Waals surface area contributed by atoms with Gasteiger partial charge in [0.15, 0.2) is 17.1 Å². The van der Waals surface area contributed by atoms with E-state index in [0.717, 1.165) is 5.56 Å². The van der Waals surface area contributed by atoms with Crippen LogP contribution in [0.15, 0.2) is 24.3 Å². The van der Waals surface area contributed by atoms with Crippen LogP contribution in [0.2, 0.25) is 5.02 Å². The first-order valence-corrected chi connectivity index (χ1v) is 9.52. The number of ether oxygens (including phenoxy) is 4. The van der Waals surface area contributed by atoms with Gasteiger partial charge in [-0.2, -0.15) is 4.98 Å². The number of hydrogen-bond acceptors (Lipinski definition) is 8. The Hall–Kier alpha value is -2.59. The molecule has 3 aromatic rings. The topological polar surface area (TPSA) is 119 Å². The monoisotopic (exact) mass is 419 g/mol. The van der Waals surface area contributed by atoms with Crippen molar-refractivity contribution in [3.8, 4) is 28.8 Å². The van der Waals surface area contributed by atoms with Crippen molar-refractivity contribution in [1.29, 1.82) is 0 Å². The van der Waals surface area contributed by atoms with Gasteiger partial charge in [0.05, 0.1) is 35.6 Å². The molecular formula is C19H18ClN3O6. The van der Waals surface area contributed by atoms with Crippen LogP contribution in [0.25, 0.3) is 22.4 Å². The minimum Gasteiger partial charge on any atom is -0.459 e. The highest BCUT2D eigenvalue weighted by atomic mass is 35.5. The fourth-order valence-corrected chi connectivity index (χ4v) is 3.70. The van der Waals surface area contributed by atoms with Crippen molar-refractivity contribution in [2.45, 2.75) is 24.7 Å². The number of hydrogen-bond donors (Lipinski definition) is 3. The molecule has 0 bridgehead atoms. The number of aromatic amines is 1. The summed E-state index contributed by atoms with van der Waals surface area (Å²) >= 11 is 6.44. The number of fused-ring (bicyclic) bond motifs is 2. The molecule has 3 N–H and O–H groups in total. The zero-order valence-corrected chi connectivity index (χ0v) is 15.9. The van der Waals surface area contributed by atoms with Gasteiger partial charge in [-0.25, -0.2) is 4.98 Å². The molecule has 0 spiro atoms. The van der Waals surface area contributed by atoms with Crippen molar-refractivity contribution in [2.75, 3.05) is 20.0 Å². The molecule has 0 aliphatic carbocycles. The Bertz CT molecular complexity index is 1060. The third-order valence-electron chi connectivity index (χ3n) is 4.94. The van der Waals surface area contributed by atoms with Crippen LogP contribution in [0, 0.1) is 0 Å². The van der Waals surface area contributed by atoms with E-state index in [2.05, 4.69) is 15.0 Å². The van der Waals surface area contributed by atoms with Gasteiger partial charge in [-0.15, -0.1) is 0 Å². The SMILES string of the molecule is OCC1OC[C@H](Oc2nc3nc(-c4ccc5c(c4)OCO5)c(Cl)cc3[nH]2)C[C@@H]1O. The number of aliphatic hydroxyl groups is 2. The van der Waals surface area contributed by atoms with E-state index in [1.54, 1.807) is 6.07 Å². The number of aromatic nitrogens is 3. The molecular weight excluding hydrogens is 402 g/mol. The molecule has 2 aromatic heterocycles. The first-order valence-electron chi connectivity index (χ1n) is 9.14. The van der Waals surface area contributed by atoms with Crippen molar-refractivity contribution in [3.63, 3.8) is 0 Å². The van der Waals surface area contributed by atoms with Crippen molar-refractivity contribution in [2.24, 2.45) is 0 Å². The largest absolute Gasteiger partial charge is 0.459 e. The Balaban J connectivity index is 1.40. The number of nitrogens with zero attached hydrogens (tertiary/aromatic N) is 2. The zero-order chi connectivity index (χ0) is 20.0. The van der Waals surface area contributed by atoms with Crippen molar-refractivity contribution in [3.05, 3.63) is 29.3 Å². The summed E-state index contributed by atoms with van der Waals surface area (Å²) in [7, 11) is 0. The minimum absolute atomic E-state index is 0.192. The molecule has 0 radical (unpaired) electrons. The van der Waals surface area contributed by atoms with Gasteiger partial charge in [0.1, 0.15) is 12.2 Å². The number of imidazole rings is 1. The van der Waals surface area contributed by atoms with Gasteiger partial charge in [-0.3, -0.25) is 0 Å². The normalized spacial score (nSPS) is 23.5. The van der Waals surface area contributed by atoms with E-state index in [1.807, 2.05) is 18.2 Å². The fraction of sp³-hybridized carbons (Fsp3) is 0.368. The van der Waals surface area contributed by atoms with Gasteiger partial charge in [-0.1, -0.05) is 11.6 Å². The molecule has 0 amide bonds. The highest BCUT2D eigenvalue weighted by Crippen LogP contribution is 2.38. The lowest BCUT2D eigenvalue weighted by Crippen LogP contribution is -2.45. The zero-order valence-electron chi connectivity index (χ0n) is 15.2. The van der Waals surface area contributed by atoms with Gasteiger partial charge in [0.25, 0.3) is 6.01 Å². The molecule has 1 aromatic carbocycles. The lowest BCUT2D eigenvalue weighted by atomic mass is 10.0. The number of halogens is 1. The van der Waals surface area contributed by atoms with E-state index in [1.165, 1.54) is 0 Å². The maximum Gasteiger partial charge on any atom is 0.296 e. The molecule has 10 heteroatoms. The van der Waals surface area contributed by atoms with Crippen LogP contribution >= 0.6 is 11.6 Å². The Kier molecular flexibility index (Phi) is 4.67. The van der Waals surface area contributed by atoms with E-state index < -0.39 is 18.3 Å². The lowest BCUT2D eigenvalue weighted by molar-refractivity contribution is -0.131. The molecule has 152 valence electrons. The third kappa shape index (κ3) is 3.46. The van der Waals surface area contributed by atoms with Crippen molar-refractivity contribution in [1.82, 2.24) is 15.0 Å². The van der Waals surface area contributed by atoms with Crippen LogP contribution in [-0.2, 0) is 4.74 Å². The predicted molar refractivity (Wildman–Crippen MR) is 102 cm³/mol. The molecule has 0 saturated carbocycles. The average molecular weight is 420 g/mol. The Morgan fingerprint density at radius 2 is 2.07 bits per heavy atom. The van der Waals surface area contributed by atoms with E-state index >= 15 is 0 Å². The summed E-state index contributed by atoms with van der Waals surface area (Å²) in [5.41, 5.74) is 2.42. The van der Waals surface area contributed by atoms with E-state index in [0.29, 0.717) is 39.8 Å². The van der Waals surface area contributed by atoms with Gasteiger partial charge < -0.3 is 34.1 Å². The molecule has 2 aliphatic rings. The van der Waals surface area contributed by atoms with Crippen molar-refractivity contribution >= 4 is 22.8 Å².